The molecule has 17 heavy (non-hydrogen) atoms. The lowest BCUT2D eigenvalue weighted by Gasteiger charge is -2.19. The summed E-state index contributed by atoms with van der Waals surface area (Å²) in [5, 5.41) is 0. The molecule has 0 aliphatic heterocycles. The quantitative estimate of drug-likeness (QED) is 0.764. The Morgan fingerprint density at radius 1 is 1.35 bits per heavy atom. The van der Waals surface area contributed by atoms with Crippen molar-refractivity contribution in [2.45, 2.75) is 32.7 Å². The molecule has 2 heteroatoms. The molecular formula is C15H21NO. The molecule has 0 fully saturated rings. The third kappa shape index (κ3) is 3.82. The van der Waals surface area contributed by atoms with Crippen LogP contribution in [-0.4, -0.2) is 5.78 Å². The summed E-state index contributed by atoms with van der Waals surface area (Å²) in [7, 11) is 0. The number of hydrogen-bond donors (Lipinski definition) is 1. The lowest BCUT2D eigenvalue weighted by Crippen LogP contribution is -2.26. The van der Waals surface area contributed by atoms with E-state index in [1.54, 1.807) is 0 Å². The Labute approximate surface area is 104 Å². The molecular weight excluding hydrogens is 210 g/mol. The highest BCUT2D eigenvalue weighted by Crippen LogP contribution is 2.22. The van der Waals surface area contributed by atoms with Gasteiger partial charge in [-0.3, -0.25) is 4.79 Å². The molecule has 2 unspecified atom stereocenters. The van der Waals surface area contributed by atoms with Crippen molar-refractivity contribution in [2.24, 2.45) is 11.7 Å². The third-order valence-electron chi connectivity index (χ3n) is 3.16. The van der Waals surface area contributed by atoms with Crippen molar-refractivity contribution in [3.8, 4) is 0 Å². The van der Waals surface area contributed by atoms with E-state index in [-0.39, 0.29) is 17.7 Å². The summed E-state index contributed by atoms with van der Waals surface area (Å²) < 4.78 is 0. The minimum absolute atomic E-state index is 0.166. The van der Waals surface area contributed by atoms with Crippen molar-refractivity contribution in [1.29, 1.82) is 0 Å². The van der Waals surface area contributed by atoms with Crippen LogP contribution in [0.25, 0.3) is 0 Å². The Balaban J connectivity index is 2.67. The van der Waals surface area contributed by atoms with Crippen molar-refractivity contribution >= 4 is 5.78 Å². The second-order valence-electron chi connectivity index (χ2n) is 4.47. The molecule has 0 radical (unpaired) electrons. The number of benzene rings is 1. The van der Waals surface area contributed by atoms with Gasteiger partial charge < -0.3 is 5.73 Å². The van der Waals surface area contributed by atoms with Crippen LogP contribution in [0.3, 0.4) is 0 Å². The zero-order valence-electron chi connectivity index (χ0n) is 10.6. The van der Waals surface area contributed by atoms with Gasteiger partial charge in [0.1, 0.15) is 5.78 Å². The zero-order valence-corrected chi connectivity index (χ0v) is 10.6. The lowest BCUT2D eigenvalue weighted by atomic mass is 9.89. The molecule has 2 N–H and O–H groups in total. The van der Waals surface area contributed by atoms with Crippen molar-refractivity contribution in [3.63, 3.8) is 0 Å². The molecule has 0 bridgehead atoms. The highest BCUT2D eigenvalue weighted by atomic mass is 16.1. The van der Waals surface area contributed by atoms with Crippen LogP contribution in [-0.2, 0) is 4.79 Å². The topological polar surface area (TPSA) is 43.1 Å². The first-order valence-corrected chi connectivity index (χ1v) is 6.06. The molecule has 2 atom stereocenters. The van der Waals surface area contributed by atoms with Crippen LogP contribution in [0.5, 0.6) is 0 Å². The fraction of sp³-hybridized carbons (Fsp3) is 0.400. The minimum Gasteiger partial charge on any atom is -0.323 e. The average molecular weight is 231 g/mol. The number of carbonyl (C=O) groups is 1. The van der Waals surface area contributed by atoms with Gasteiger partial charge in [-0.1, -0.05) is 56.3 Å². The number of carbonyl (C=O) groups excluding carboxylic acids is 1. The zero-order chi connectivity index (χ0) is 12.8. The maximum Gasteiger partial charge on any atom is 0.141 e. The maximum absolute atomic E-state index is 12.0. The molecule has 0 heterocycles. The van der Waals surface area contributed by atoms with Gasteiger partial charge in [-0.2, -0.15) is 0 Å². The SMILES string of the molecule is C=C(CC)CC(=O)C(C)C(N)c1ccccc1. The van der Waals surface area contributed by atoms with Crippen molar-refractivity contribution < 1.29 is 4.79 Å². The molecule has 0 aromatic heterocycles. The molecule has 92 valence electrons. The summed E-state index contributed by atoms with van der Waals surface area (Å²) in [6.45, 7) is 7.77. The van der Waals surface area contributed by atoms with E-state index in [1.807, 2.05) is 44.2 Å². The summed E-state index contributed by atoms with van der Waals surface area (Å²) in [6.07, 6.45) is 1.29. The van der Waals surface area contributed by atoms with Gasteiger partial charge in [-0.05, 0) is 12.0 Å². The summed E-state index contributed by atoms with van der Waals surface area (Å²) in [6, 6.07) is 9.52. The Kier molecular flexibility index (Phi) is 5.11. The van der Waals surface area contributed by atoms with Crippen LogP contribution < -0.4 is 5.73 Å². The number of allylic oxidation sites excluding steroid dienone is 1. The summed E-state index contributed by atoms with van der Waals surface area (Å²) in [5.41, 5.74) is 8.09. The van der Waals surface area contributed by atoms with Crippen LogP contribution in [0.2, 0.25) is 0 Å². The molecule has 0 spiro atoms. The third-order valence-corrected chi connectivity index (χ3v) is 3.16. The Bertz CT molecular complexity index is 383. The standard InChI is InChI=1S/C15H21NO/c1-4-11(2)10-14(17)12(3)15(16)13-8-6-5-7-9-13/h5-9,12,15H,2,4,10,16H2,1,3H3. The molecule has 0 saturated heterocycles. The molecule has 2 nitrogen and oxygen atoms in total. The average Bonchev–Trinajstić information content (AvgIpc) is 2.37. The normalized spacial score (nSPS) is 14.1. The van der Waals surface area contributed by atoms with E-state index in [9.17, 15) is 4.79 Å². The molecule has 0 aliphatic carbocycles. The van der Waals surface area contributed by atoms with Gasteiger partial charge in [-0.25, -0.2) is 0 Å². The van der Waals surface area contributed by atoms with Crippen molar-refractivity contribution in [1.82, 2.24) is 0 Å². The summed E-state index contributed by atoms with van der Waals surface area (Å²) in [4.78, 5) is 12.0. The van der Waals surface area contributed by atoms with E-state index < -0.39 is 0 Å². The first-order chi connectivity index (χ1) is 8.06. The number of hydrogen-bond acceptors (Lipinski definition) is 2. The highest BCUT2D eigenvalue weighted by Gasteiger charge is 2.21. The number of ketones is 1. The Morgan fingerprint density at radius 2 is 1.94 bits per heavy atom. The van der Waals surface area contributed by atoms with E-state index in [1.165, 1.54) is 0 Å². The summed E-state index contributed by atoms with van der Waals surface area (Å²) >= 11 is 0. The molecule has 0 aliphatic rings. The largest absolute Gasteiger partial charge is 0.323 e. The summed E-state index contributed by atoms with van der Waals surface area (Å²) in [5.74, 6) is 0.00824. The van der Waals surface area contributed by atoms with Gasteiger partial charge in [0.2, 0.25) is 0 Å². The second-order valence-corrected chi connectivity index (χ2v) is 4.47. The lowest BCUT2D eigenvalue weighted by molar-refractivity contribution is -0.122. The van der Waals surface area contributed by atoms with E-state index >= 15 is 0 Å². The predicted molar refractivity (Wildman–Crippen MR) is 71.6 cm³/mol. The Hall–Kier alpha value is -1.41. The van der Waals surface area contributed by atoms with Gasteiger partial charge in [0.25, 0.3) is 0 Å². The first kappa shape index (κ1) is 13.7. The Morgan fingerprint density at radius 3 is 2.47 bits per heavy atom. The van der Waals surface area contributed by atoms with Gasteiger partial charge in [0.15, 0.2) is 0 Å². The van der Waals surface area contributed by atoms with Crippen LogP contribution in [0.1, 0.15) is 38.3 Å². The molecule has 1 aromatic carbocycles. The molecule has 0 saturated carbocycles. The van der Waals surface area contributed by atoms with Gasteiger partial charge in [0.05, 0.1) is 0 Å². The van der Waals surface area contributed by atoms with Crippen LogP contribution in [0.4, 0.5) is 0 Å². The molecule has 1 rings (SSSR count). The number of rotatable bonds is 6. The first-order valence-electron chi connectivity index (χ1n) is 6.06. The predicted octanol–water partition coefficient (Wildman–Crippen LogP) is 3.25. The monoisotopic (exact) mass is 231 g/mol. The van der Waals surface area contributed by atoms with Crippen molar-refractivity contribution in [2.75, 3.05) is 0 Å². The molecule has 0 amide bonds. The fourth-order valence-electron chi connectivity index (χ4n) is 1.70. The maximum atomic E-state index is 12.0. The highest BCUT2D eigenvalue weighted by molar-refractivity contribution is 5.83. The second kappa shape index (κ2) is 6.36. The van der Waals surface area contributed by atoms with Gasteiger partial charge in [-0.15, -0.1) is 0 Å². The number of nitrogens with two attached hydrogens (primary N) is 1. The van der Waals surface area contributed by atoms with Crippen LogP contribution >= 0.6 is 0 Å². The minimum atomic E-state index is -0.228. The van der Waals surface area contributed by atoms with E-state index in [0.29, 0.717) is 6.42 Å². The van der Waals surface area contributed by atoms with Gasteiger partial charge in [0, 0.05) is 18.4 Å². The van der Waals surface area contributed by atoms with E-state index in [2.05, 4.69) is 6.58 Å². The smallest absolute Gasteiger partial charge is 0.141 e. The van der Waals surface area contributed by atoms with E-state index in [4.69, 9.17) is 5.73 Å². The fourth-order valence-corrected chi connectivity index (χ4v) is 1.70. The van der Waals surface area contributed by atoms with Crippen molar-refractivity contribution in [3.05, 3.63) is 48.0 Å². The number of Topliss-reactive ketones (excluding diaryl/α,β-unsaturated/α-hetero) is 1. The van der Waals surface area contributed by atoms with Crippen LogP contribution in [0, 0.1) is 5.92 Å². The molecule has 1 aromatic rings. The van der Waals surface area contributed by atoms with E-state index in [0.717, 1.165) is 17.6 Å². The van der Waals surface area contributed by atoms with Gasteiger partial charge >= 0.3 is 0 Å². The van der Waals surface area contributed by atoms with Crippen LogP contribution in [0.15, 0.2) is 42.5 Å².